The molecule has 0 bridgehead atoms. The summed E-state index contributed by atoms with van der Waals surface area (Å²) in [5.41, 5.74) is 2.56. The van der Waals surface area contributed by atoms with E-state index in [1.54, 1.807) is 37.4 Å². The Kier molecular flexibility index (Phi) is 7.37. The number of carbonyl (C=O) groups is 1. The molecule has 2 amide bonds. The zero-order valence-corrected chi connectivity index (χ0v) is 19.1. The Morgan fingerprint density at radius 2 is 1.47 bits per heavy atom. The van der Waals surface area contributed by atoms with E-state index in [-0.39, 0.29) is 18.0 Å². The minimum Gasteiger partial charge on any atom is -0.493 e. The number of nitrogens with one attached hydrogen (secondary N) is 1. The summed E-state index contributed by atoms with van der Waals surface area (Å²) in [6.07, 6.45) is 0. The minimum atomic E-state index is -4.02. The Balaban J connectivity index is 1.86. The molecule has 0 aliphatic carbocycles. The number of urea groups is 1. The lowest BCUT2D eigenvalue weighted by molar-refractivity contribution is 0.198. The predicted molar refractivity (Wildman–Crippen MR) is 122 cm³/mol. The van der Waals surface area contributed by atoms with Crippen molar-refractivity contribution in [2.24, 2.45) is 0 Å². The maximum absolute atomic E-state index is 13.1. The number of nitrogens with zero attached hydrogens (tertiary/aromatic N) is 1. The van der Waals surface area contributed by atoms with E-state index < -0.39 is 16.1 Å². The lowest BCUT2D eigenvalue weighted by atomic mass is 10.1. The Bertz CT molecular complexity index is 1160. The van der Waals surface area contributed by atoms with E-state index in [2.05, 4.69) is 4.72 Å². The molecule has 0 aliphatic heterocycles. The number of amides is 2. The van der Waals surface area contributed by atoms with Crippen molar-refractivity contribution in [3.8, 4) is 11.5 Å². The van der Waals surface area contributed by atoms with E-state index in [1.807, 2.05) is 37.3 Å². The normalized spacial score (nSPS) is 11.0. The van der Waals surface area contributed by atoms with Crippen LogP contribution in [-0.4, -0.2) is 33.6 Å². The number of hydrogen-bond acceptors (Lipinski definition) is 5. The number of benzene rings is 3. The van der Waals surface area contributed by atoms with E-state index in [1.165, 1.54) is 24.1 Å². The van der Waals surface area contributed by atoms with Crippen molar-refractivity contribution in [2.75, 3.05) is 14.2 Å². The first-order valence-corrected chi connectivity index (χ1v) is 11.4. The summed E-state index contributed by atoms with van der Waals surface area (Å²) in [7, 11) is -0.939. The van der Waals surface area contributed by atoms with Crippen molar-refractivity contribution in [2.45, 2.75) is 24.9 Å². The highest BCUT2D eigenvalue weighted by atomic mass is 32.2. The SMILES string of the molecule is COc1ccc(CN(Cc2ccccc2)C(=O)NS(=O)(=O)c2ccc(C)cc2)cc1OC. The van der Waals surface area contributed by atoms with E-state index >= 15 is 0 Å². The topological polar surface area (TPSA) is 84.9 Å². The second kappa shape index (κ2) is 10.2. The van der Waals surface area contributed by atoms with Gasteiger partial charge < -0.3 is 14.4 Å². The maximum Gasteiger partial charge on any atom is 0.331 e. The smallest absolute Gasteiger partial charge is 0.331 e. The zero-order valence-electron chi connectivity index (χ0n) is 18.2. The van der Waals surface area contributed by atoms with Crippen LogP contribution >= 0.6 is 0 Å². The third-order valence-corrected chi connectivity index (χ3v) is 6.21. The van der Waals surface area contributed by atoms with Crippen LogP contribution in [0.2, 0.25) is 0 Å². The molecule has 0 radical (unpaired) electrons. The fourth-order valence-corrected chi connectivity index (χ4v) is 4.13. The van der Waals surface area contributed by atoms with Gasteiger partial charge in [-0.05, 0) is 42.3 Å². The van der Waals surface area contributed by atoms with Crippen LogP contribution in [0.4, 0.5) is 4.79 Å². The van der Waals surface area contributed by atoms with Crippen molar-refractivity contribution >= 4 is 16.1 Å². The van der Waals surface area contributed by atoms with Crippen LogP contribution in [0.1, 0.15) is 16.7 Å². The first-order valence-electron chi connectivity index (χ1n) is 9.95. The maximum atomic E-state index is 13.1. The third-order valence-electron chi connectivity index (χ3n) is 4.88. The molecule has 0 aromatic heterocycles. The van der Waals surface area contributed by atoms with Gasteiger partial charge in [0, 0.05) is 13.1 Å². The largest absolute Gasteiger partial charge is 0.493 e. The molecule has 3 aromatic rings. The van der Waals surface area contributed by atoms with Crippen molar-refractivity contribution in [1.82, 2.24) is 9.62 Å². The lowest BCUT2D eigenvalue weighted by Gasteiger charge is -2.24. The molecule has 0 spiro atoms. The molecule has 0 unspecified atom stereocenters. The molecule has 0 aliphatic rings. The molecule has 3 rings (SSSR count). The fraction of sp³-hybridized carbons (Fsp3) is 0.208. The molecule has 3 aromatic carbocycles. The zero-order chi connectivity index (χ0) is 23.1. The molecule has 1 N–H and O–H groups in total. The Labute approximate surface area is 188 Å². The first-order chi connectivity index (χ1) is 15.3. The molecule has 8 heteroatoms. The molecule has 0 fully saturated rings. The summed E-state index contributed by atoms with van der Waals surface area (Å²) in [5.74, 6) is 1.09. The number of sulfonamides is 1. The van der Waals surface area contributed by atoms with Crippen LogP contribution in [0.25, 0.3) is 0 Å². The predicted octanol–water partition coefficient (Wildman–Crippen LogP) is 4.11. The molecular weight excluding hydrogens is 428 g/mol. The monoisotopic (exact) mass is 454 g/mol. The molecule has 7 nitrogen and oxygen atoms in total. The standard InChI is InChI=1S/C24H26N2O5S/c1-18-9-12-21(13-10-18)32(28,29)25-24(27)26(16-19-7-5-4-6-8-19)17-20-11-14-22(30-2)23(15-20)31-3/h4-15H,16-17H2,1-3H3,(H,25,27). The Hall–Kier alpha value is -3.52. The molecule has 0 heterocycles. The average molecular weight is 455 g/mol. The van der Waals surface area contributed by atoms with Crippen LogP contribution in [0.5, 0.6) is 11.5 Å². The van der Waals surface area contributed by atoms with Crippen LogP contribution in [0, 0.1) is 6.92 Å². The Morgan fingerprint density at radius 1 is 0.844 bits per heavy atom. The van der Waals surface area contributed by atoms with Gasteiger partial charge in [0.05, 0.1) is 19.1 Å². The summed E-state index contributed by atoms with van der Waals surface area (Å²) in [4.78, 5) is 14.5. The summed E-state index contributed by atoms with van der Waals surface area (Å²) in [6.45, 7) is 2.26. The highest BCUT2D eigenvalue weighted by Crippen LogP contribution is 2.28. The van der Waals surface area contributed by atoms with Gasteiger partial charge >= 0.3 is 6.03 Å². The molecule has 0 saturated heterocycles. The number of rotatable bonds is 8. The van der Waals surface area contributed by atoms with Crippen LogP contribution in [-0.2, 0) is 23.1 Å². The fourth-order valence-electron chi connectivity index (χ4n) is 3.16. The first kappa shape index (κ1) is 23.1. The van der Waals surface area contributed by atoms with Gasteiger partial charge in [0.2, 0.25) is 0 Å². The average Bonchev–Trinajstić information content (AvgIpc) is 2.79. The molecule has 0 atom stereocenters. The van der Waals surface area contributed by atoms with Gasteiger partial charge in [-0.3, -0.25) is 0 Å². The van der Waals surface area contributed by atoms with Crippen LogP contribution in [0.15, 0.2) is 77.7 Å². The molecule has 0 saturated carbocycles. The van der Waals surface area contributed by atoms with Crippen molar-refractivity contribution in [3.63, 3.8) is 0 Å². The van der Waals surface area contributed by atoms with E-state index in [9.17, 15) is 13.2 Å². The van der Waals surface area contributed by atoms with Crippen LogP contribution < -0.4 is 14.2 Å². The number of aryl methyl sites for hydroxylation is 1. The second-order valence-electron chi connectivity index (χ2n) is 7.25. The van der Waals surface area contributed by atoms with Gasteiger partial charge in [0.1, 0.15) is 0 Å². The van der Waals surface area contributed by atoms with Gasteiger partial charge in [0.15, 0.2) is 11.5 Å². The summed E-state index contributed by atoms with van der Waals surface area (Å²) < 4.78 is 38.3. The summed E-state index contributed by atoms with van der Waals surface area (Å²) >= 11 is 0. The van der Waals surface area contributed by atoms with Gasteiger partial charge in [-0.2, -0.15) is 0 Å². The third kappa shape index (κ3) is 5.79. The number of carbonyl (C=O) groups excluding carboxylic acids is 1. The molecular formula is C24H26N2O5S. The summed E-state index contributed by atoms with van der Waals surface area (Å²) in [5, 5.41) is 0. The van der Waals surface area contributed by atoms with Crippen molar-refractivity contribution < 1.29 is 22.7 Å². The lowest BCUT2D eigenvalue weighted by Crippen LogP contribution is -2.42. The van der Waals surface area contributed by atoms with Crippen LogP contribution in [0.3, 0.4) is 0 Å². The van der Waals surface area contributed by atoms with Crippen molar-refractivity contribution in [1.29, 1.82) is 0 Å². The van der Waals surface area contributed by atoms with Gasteiger partial charge in [-0.25, -0.2) is 17.9 Å². The van der Waals surface area contributed by atoms with Gasteiger partial charge in [-0.1, -0.05) is 54.1 Å². The van der Waals surface area contributed by atoms with Gasteiger partial charge in [-0.15, -0.1) is 0 Å². The van der Waals surface area contributed by atoms with E-state index in [0.29, 0.717) is 11.5 Å². The van der Waals surface area contributed by atoms with Crippen molar-refractivity contribution in [3.05, 3.63) is 89.5 Å². The quantitative estimate of drug-likeness (QED) is 0.554. The molecule has 32 heavy (non-hydrogen) atoms. The highest BCUT2D eigenvalue weighted by Gasteiger charge is 2.23. The highest BCUT2D eigenvalue weighted by molar-refractivity contribution is 7.90. The number of methoxy groups -OCH3 is 2. The minimum absolute atomic E-state index is 0.0298. The molecule has 168 valence electrons. The van der Waals surface area contributed by atoms with E-state index in [4.69, 9.17) is 9.47 Å². The summed E-state index contributed by atoms with van der Waals surface area (Å²) in [6, 6.07) is 20.3. The van der Waals surface area contributed by atoms with E-state index in [0.717, 1.165) is 16.7 Å². The Morgan fingerprint density at radius 3 is 2.09 bits per heavy atom. The number of hydrogen-bond donors (Lipinski definition) is 1. The van der Waals surface area contributed by atoms with Gasteiger partial charge in [0.25, 0.3) is 10.0 Å². The second-order valence-corrected chi connectivity index (χ2v) is 8.94. The number of ether oxygens (including phenoxy) is 2.